The van der Waals surface area contributed by atoms with Crippen LogP contribution in [-0.4, -0.2) is 39.2 Å². The van der Waals surface area contributed by atoms with Crippen molar-refractivity contribution in [2.24, 2.45) is 5.10 Å². The monoisotopic (exact) mass is 390 g/mol. The number of thiophene rings is 1. The first-order valence-electron chi connectivity index (χ1n) is 8.20. The predicted octanol–water partition coefficient (Wildman–Crippen LogP) is 4.31. The van der Waals surface area contributed by atoms with Crippen molar-refractivity contribution < 1.29 is 0 Å². The molecule has 3 aromatic rings. The van der Waals surface area contributed by atoms with Crippen molar-refractivity contribution in [3.63, 3.8) is 0 Å². The van der Waals surface area contributed by atoms with Gasteiger partial charge in [0.25, 0.3) is 0 Å². The van der Waals surface area contributed by atoms with Crippen LogP contribution in [0.25, 0.3) is 10.6 Å². The van der Waals surface area contributed by atoms with Gasteiger partial charge < -0.3 is 4.90 Å². The van der Waals surface area contributed by atoms with Crippen LogP contribution >= 0.6 is 34.9 Å². The first-order valence-corrected chi connectivity index (χ1v) is 10.3. The molecule has 4 heterocycles. The molecule has 4 rings (SSSR count). The number of nitrogens with zero attached hydrogens (tertiary/aromatic N) is 5. The van der Waals surface area contributed by atoms with Crippen LogP contribution in [0.4, 0.5) is 5.13 Å². The minimum atomic E-state index is 0.493. The number of hydrogen-bond acceptors (Lipinski definition) is 7. The molecule has 0 atom stereocenters. The SMILES string of the molecule is Cc1n[nH]c(=S)n1/N=C\c1sc(N2CCCCC2)nc1-c1cccs1. The second kappa shape index (κ2) is 7.19. The Morgan fingerprint density at radius 1 is 1.32 bits per heavy atom. The van der Waals surface area contributed by atoms with Crippen LogP contribution < -0.4 is 4.90 Å². The maximum absolute atomic E-state index is 5.22. The maximum atomic E-state index is 5.22. The highest BCUT2D eigenvalue weighted by Crippen LogP contribution is 2.35. The third-order valence-corrected chi connectivity index (χ3v) is 6.32. The number of aromatic nitrogens is 4. The summed E-state index contributed by atoms with van der Waals surface area (Å²) in [4.78, 5) is 9.52. The Balaban J connectivity index is 1.72. The molecule has 1 aliphatic heterocycles. The number of rotatable bonds is 4. The number of H-pyrrole nitrogens is 1. The molecule has 0 saturated carbocycles. The minimum absolute atomic E-state index is 0.493. The number of aryl methyl sites for hydroxylation is 1. The third kappa shape index (κ3) is 3.44. The van der Waals surface area contributed by atoms with E-state index in [1.165, 1.54) is 19.3 Å². The number of nitrogens with one attached hydrogen (secondary N) is 1. The molecule has 1 saturated heterocycles. The van der Waals surface area contributed by atoms with Crippen molar-refractivity contribution in [2.75, 3.05) is 18.0 Å². The van der Waals surface area contributed by atoms with Gasteiger partial charge in [-0.25, -0.2) is 4.98 Å². The van der Waals surface area contributed by atoms with Gasteiger partial charge in [-0.3, -0.25) is 5.10 Å². The summed E-state index contributed by atoms with van der Waals surface area (Å²) in [5.74, 6) is 0.736. The molecule has 6 nitrogen and oxygen atoms in total. The highest BCUT2D eigenvalue weighted by Gasteiger charge is 2.19. The van der Waals surface area contributed by atoms with E-state index in [1.807, 2.05) is 13.1 Å². The van der Waals surface area contributed by atoms with Crippen molar-refractivity contribution in [3.05, 3.63) is 33.0 Å². The average Bonchev–Trinajstić information content (AvgIpc) is 3.35. The van der Waals surface area contributed by atoms with Gasteiger partial charge in [0.2, 0.25) is 4.77 Å². The zero-order chi connectivity index (χ0) is 17.2. The fourth-order valence-corrected chi connectivity index (χ4v) is 4.85. The summed E-state index contributed by atoms with van der Waals surface area (Å²) < 4.78 is 2.13. The average molecular weight is 391 g/mol. The molecule has 0 amide bonds. The van der Waals surface area contributed by atoms with Gasteiger partial charge in [0.15, 0.2) is 5.13 Å². The van der Waals surface area contributed by atoms with Crippen molar-refractivity contribution in [1.29, 1.82) is 0 Å². The first-order chi connectivity index (χ1) is 12.2. The van der Waals surface area contributed by atoms with Crippen LogP contribution in [0.1, 0.15) is 30.0 Å². The molecule has 0 spiro atoms. The Morgan fingerprint density at radius 2 is 2.16 bits per heavy atom. The van der Waals surface area contributed by atoms with E-state index in [4.69, 9.17) is 17.2 Å². The zero-order valence-electron chi connectivity index (χ0n) is 13.8. The largest absolute Gasteiger partial charge is 0.348 e. The number of anilines is 1. The van der Waals surface area contributed by atoms with Crippen molar-refractivity contribution >= 4 is 46.2 Å². The van der Waals surface area contributed by atoms with Gasteiger partial charge in [-0.15, -0.1) is 11.3 Å². The molecule has 0 aliphatic carbocycles. The van der Waals surface area contributed by atoms with Gasteiger partial charge in [0, 0.05) is 13.1 Å². The van der Waals surface area contributed by atoms with E-state index in [2.05, 4.69) is 37.7 Å². The quantitative estimate of drug-likeness (QED) is 0.533. The van der Waals surface area contributed by atoms with Gasteiger partial charge in [-0.1, -0.05) is 17.4 Å². The maximum Gasteiger partial charge on any atom is 0.216 e. The lowest BCUT2D eigenvalue weighted by Gasteiger charge is -2.25. The first kappa shape index (κ1) is 16.6. The van der Waals surface area contributed by atoms with Crippen molar-refractivity contribution in [3.8, 4) is 10.6 Å². The molecule has 0 bridgehead atoms. The normalized spacial score (nSPS) is 15.3. The number of hydrogen-bond donors (Lipinski definition) is 1. The van der Waals surface area contributed by atoms with E-state index in [9.17, 15) is 0 Å². The molecule has 0 radical (unpaired) electrons. The topological polar surface area (TPSA) is 62.1 Å². The Hall–Kier alpha value is -1.84. The van der Waals surface area contributed by atoms with Gasteiger partial charge >= 0.3 is 0 Å². The van der Waals surface area contributed by atoms with Crippen LogP contribution in [0.5, 0.6) is 0 Å². The van der Waals surface area contributed by atoms with Crippen LogP contribution in [0.3, 0.4) is 0 Å². The molecule has 25 heavy (non-hydrogen) atoms. The van der Waals surface area contributed by atoms with E-state index in [0.717, 1.165) is 39.5 Å². The Labute approximate surface area is 158 Å². The smallest absolute Gasteiger partial charge is 0.216 e. The summed E-state index contributed by atoms with van der Waals surface area (Å²) in [5, 5.41) is 14.5. The van der Waals surface area contributed by atoms with E-state index >= 15 is 0 Å². The third-order valence-electron chi connectivity index (χ3n) is 4.13. The van der Waals surface area contributed by atoms with E-state index in [0.29, 0.717) is 4.77 Å². The Bertz CT molecular complexity index is 928. The van der Waals surface area contributed by atoms with E-state index in [1.54, 1.807) is 27.3 Å². The zero-order valence-corrected chi connectivity index (χ0v) is 16.3. The Morgan fingerprint density at radius 3 is 2.84 bits per heavy atom. The molecule has 1 fully saturated rings. The summed E-state index contributed by atoms with van der Waals surface area (Å²) in [6.07, 6.45) is 5.63. The fraction of sp³-hybridized carbons (Fsp3) is 0.375. The molecule has 0 aromatic carbocycles. The van der Waals surface area contributed by atoms with E-state index in [-0.39, 0.29) is 0 Å². The van der Waals surface area contributed by atoms with Crippen LogP contribution in [-0.2, 0) is 0 Å². The molecular formula is C16H18N6S3. The summed E-state index contributed by atoms with van der Waals surface area (Å²) >= 11 is 8.61. The van der Waals surface area contributed by atoms with Crippen LogP contribution in [0.15, 0.2) is 22.6 Å². The lowest BCUT2D eigenvalue weighted by molar-refractivity contribution is 0.577. The number of piperidine rings is 1. The minimum Gasteiger partial charge on any atom is -0.348 e. The van der Waals surface area contributed by atoms with Gasteiger partial charge in [0.05, 0.1) is 16.0 Å². The predicted molar refractivity (Wildman–Crippen MR) is 107 cm³/mol. The van der Waals surface area contributed by atoms with Crippen LogP contribution in [0.2, 0.25) is 0 Å². The fourth-order valence-electron chi connectivity index (χ4n) is 2.83. The summed E-state index contributed by atoms with van der Waals surface area (Å²) in [6.45, 7) is 4.04. The number of thiazole rings is 1. The molecule has 3 aromatic heterocycles. The van der Waals surface area contributed by atoms with Crippen molar-refractivity contribution in [1.82, 2.24) is 19.9 Å². The van der Waals surface area contributed by atoms with Gasteiger partial charge in [0.1, 0.15) is 11.5 Å². The number of aromatic amines is 1. The Kier molecular flexibility index (Phi) is 4.78. The van der Waals surface area contributed by atoms with E-state index < -0.39 is 0 Å². The molecule has 0 unspecified atom stereocenters. The second-order valence-corrected chi connectivity index (χ2v) is 8.21. The molecule has 1 N–H and O–H groups in total. The van der Waals surface area contributed by atoms with Gasteiger partial charge in [-0.2, -0.15) is 14.9 Å². The summed E-state index contributed by atoms with van der Waals surface area (Å²) in [5.41, 5.74) is 0.997. The molecule has 1 aliphatic rings. The van der Waals surface area contributed by atoms with Gasteiger partial charge in [-0.05, 0) is 49.9 Å². The highest BCUT2D eigenvalue weighted by molar-refractivity contribution is 7.71. The summed E-state index contributed by atoms with van der Waals surface area (Å²) in [6, 6.07) is 4.16. The lowest BCUT2D eigenvalue weighted by atomic mass is 10.1. The lowest BCUT2D eigenvalue weighted by Crippen LogP contribution is -2.29. The standard InChI is InChI=1S/C16H18N6S3/c1-11-19-20-15(23)22(11)17-10-13-14(12-6-5-9-24-12)18-16(25-13)21-7-3-2-4-8-21/h5-6,9-10H,2-4,7-8H2,1H3,(H,20,23)/b17-10-. The van der Waals surface area contributed by atoms with Crippen LogP contribution in [0, 0.1) is 11.7 Å². The summed E-state index contributed by atoms with van der Waals surface area (Å²) in [7, 11) is 0. The molecule has 9 heteroatoms. The highest BCUT2D eigenvalue weighted by atomic mass is 32.1. The second-order valence-electron chi connectivity index (χ2n) is 5.87. The molecule has 130 valence electrons. The van der Waals surface area contributed by atoms with Crippen molar-refractivity contribution in [2.45, 2.75) is 26.2 Å². The molecular weight excluding hydrogens is 372 g/mol.